The summed E-state index contributed by atoms with van der Waals surface area (Å²) in [6.07, 6.45) is 0. The number of rotatable bonds is 6. The van der Waals surface area contributed by atoms with Gasteiger partial charge in [0.05, 0.1) is 0 Å². The van der Waals surface area contributed by atoms with Crippen LogP contribution in [0.5, 0.6) is 0 Å². The minimum absolute atomic E-state index is 0.0115. The van der Waals surface area contributed by atoms with Crippen LogP contribution in [0.15, 0.2) is 40.4 Å². The predicted octanol–water partition coefficient (Wildman–Crippen LogP) is 3.04. The fourth-order valence-corrected chi connectivity index (χ4v) is 2.98. The van der Waals surface area contributed by atoms with E-state index >= 15 is 0 Å². The maximum absolute atomic E-state index is 12.0. The topological polar surface area (TPSA) is 66.9 Å². The quantitative estimate of drug-likeness (QED) is 0.797. The summed E-state index contributed by atoms with van der Waals surface area (Å²) in [7, 11) is 1.84. The first-order chi connectivity index (χ1) is 11.0. The monoisotopic (exact) mass is 330 g/mol. The zero-order chi connectivity index (χ0) is 16.8. The number of aryl methyl sites for hydroxylation is 2. The number of carbonyl (C=O) groups excluding carboxylic acids is 1. The first-order valence-corrected chi connectivity index (χ1v) is 8.35. The summed E-state index contributed by atoms with van der Waals surface area (Å²) in [5.41, 5.74) is 2.72. The molecule has 1 aromatic heterocycles. The minimum atomic E-state index is -0.0716. The number of aromatic nitrogens is 2. The van der Waals surface area contributed by atoms with Crippen LogP contribution in [0, 0.1) is 19.8 Å². The van der Waals surface area contributed by atoms with Gasteiger partial charge in [0, 0.05) is 34.4 Å². The van der Waals surface area contributed by atoms with Gasteiger partial charge in [-0.1, -0.05) is 6.92 Å². The first kappa shape index (κ1) is 17.4. The normalized spacial score (nSPS) is 12.0. The number of nitrogens with zero attached hydrogens (tertiary/aromatic N) is 2. The van der Waals surface area contributed by atoms with Crippen molar-refractivity contribution in [1.82, 2.24) is 15.3 Å². The molecule has 2 aromatic rings. The number of nitrogens with one attached hydrogen (secondary N) is 2. The van der Waals surface area contributed by atoms with E-state index in [1.807, 2.05) is 58.2 Å². The van der Waals surface area contributed by atoms with E-state index < -0.39 is 0 Å². The molecule has 0 aliphatic rings. The van der Waals surface area contributed by atoms with Crippen LogP contribution in [0.25, 0.3) is 0 Å². The third-order valence-electron chi connectivity index (χ3n) is 3.25. The Labute approximate surface area is 141 Å². The summed E-state index contributed by atoms with van der Waals surface area (Å²) in [5.74, 6) is -0.0601. The lowest BCUT2D eigenvalue weighted by atomic mass is 10.1. The molecule has 23 heavy (non-hydrogen) atoms. The van der Waals surface area contributed by atoms with Gasteiger partial charge >= 0.3 is 0 Å². The van der Waals surface area contributed by atoms with Crippen LogP contribution in [0.4, 0.5) is 5.69 Å². The first-order valence-electron chi connectivity index (χ1n) is 7.53. The van der Waals surface area contributed by atoms with Crippen molar-refractivity contribution in [2.75, 3.05) is 18.9 Å². The van der Waals surface area contributed by atoms with Gasteiger partial charge in [0.1, 0.15) is 0 Å². The number of hydrogen-bond donors (Lipinski definition) is 2. The lowest BCUT2D eigenvalue weighted by molar-refractivity contribution is -0.119. The van der Waals surface area contributed by atoms with E-state index in [2.05, 4.69) is 20.6 Å². The zero-order valence-electron chi connectivity index (χ0n) is 13.9. The standard InChI is InChI=1S/C17H22N4OS/c1-11(10-18-4)16(22)21-14-5-7-15(8-6-14)23-17-19-12(2)9-13(3)20-17/h5-9,11,18H,10H2,1-4H3,(H,21,22). The molecule has 0 aliphatic heterocycles. The summed E-state index contributed by atoms with van der Waals surface area (Å²) in [6.45, 7) is 6.48. The zero-order valence-corrected chi connectivity index (χ0v) is 14.7. The van der Waals surface area contributed by atoms with E-state index in [1.54, 1.807) is 0 Å². The van der Waals surface area contributed by atoms with Crippen LogP contribution in [-0.4, -0.2) is 29.5 Å². The fraction of sp³-hybridized carbons (Fsp3) is 0.353. The largest absolute Gasteiger partial charge is 0.326 e. The summed E-state index contributed by atoms with van der Waals surface area (Å²) in [5, 5.41) is 6.66. The molecule has 5 nitrogen and oxygen atoms in total. The van der Waals surface area contributed by atoms with Crippen molar-refractivity contribution in [2.24, 2.45) is 5.92 Å². The Kier molecular flexibility index (Phi) is 6.12. The molecule has 0 saturated carbocycles. The molecular formula is C17H22N4OS. The number of benzene rings is 1. The van der Waals surface area contributed by atoms with E-state index in [1.165, 1.54) is 11.8 Å². The molecule has 0 aliphatic carbocycles. The van der Waals surface area contributed by atoms with Gasteiger partial charge < -0.3 is 10.6 Å². The van der Waals surface area contributed by atoms with E-state index in [4.69, 9.17) is 0 Å². The Morgan fingerprint density at radius 1 is 1.17 bits per heavy atom. The summed E-state index contributed by atoms with van der Waals surface area (Å²) in [4.78, 5) is 21.9. The summed E-state index contributed by atoms with van der Waals surface area (Å²) < 4.78 is 0. The van der Waals surface area contributed by atoms with Crippen LogP contribution >= 0.6 is 11.8 Å². The molecule has 0 saturated heterocycles. The van der Waals surface area contributed by atoms with Crippen molar-refractivity contribution in [1.29, 1.82) is 0 Å². The van der Waals surface area contributed by atoms with Gasteiger partial charge in [0.15, 0.2) is 5.16 Å². The average Bonchev–Trinajstić information content (AvgIpc) is 2.48. The van der Waals surface area contributed by atoms with Crippen molar-refractivity contribution in [3.8, 4) is 0 Å². The molecule has 1 amide bonds. The molecule has 2 rings (SSSR count). The second-order valence-corrected chi connectivity index (χ2v) is 6.55. The van der Waals surface area contributed by atoms with Gasteiger partial charge in [-0.2, -0.15) is 0 Å². The molecule has 1 aromatic carbocycles. The van der Waals surface area contributed by atoms with Crippen LogP contribution in [-0.2, 0) is 4.79 Å². The molecule has 0 fully saturated rings. The van der Waals surface area contributed by atoms with Crippen molar-refractivity contribution in [2.45, 2.75) is 30.8 Å². The molecule has 2 N–H and O–H groups in total. The van der Waals surface area contributed by atoms with E-state index in [0.29, 0.717) is 6.54 Å². The number of amides is 1. The molecule has 1 heterocycles. The third-order valence-corrected chi connectivity index (χ3v) is 4.12. The SMILES string of the molecule is CNCC(C)C(=O)Nc1ccc(Sc2nc(C)cc(C)n2)cc1. The van der Waals surface area contributed by atoms with Gasteiger partial charge in [-0.05, 0) is 63.0 Å². The highest BCUT2D eigenvalue weighted by molar-refractivity contribution is 7.99. The number of anilines is 1. The Balaban J connectivity index is 2.00. The Bertz CT molecular complexity index is 653. The molecule has 122 valence electrons. The van der Waals surface area contributed by atoms with Gasteiger partial charge in [0.25, 0.3) is 0 Å². The fourth-order valence-electron chi connectivity index (χ4n) is 2.12. The van der Waals surface area contributed by atoms with Crippen LogP contribution in [0.2, 0.25) is 0 Å². The molecule has 0 bridgehead atoms. The highest BCUT2D eigenvalue weighted by Crippen LogP contribution is 2.26. The van der Waals surface area contributed by atoms with Crippen LogP contribution in [0.3, 0.4) is 0 Å². The smallest absolute Gasteiger partial charge is 0.228 e. The minimum Gasteiger partial charge on any atom is -0.326 e. The van der Waals surface area contributed by atoms with E-state index in [-0.39, 0.29) is 11.8 Å². The van der Waals surface area contributed by atoms with Gasteiger partial charge in [0.2, 0.25) is 5.91 Å². The molecule has 0 spiro atoms. The van der Waals surface area contributed by atoms with Gasteiger partial charge in [-0.15, -0.1) is 0 Å². The van der Waals surface area contributed by atoms with Crippen molar-refractivity contribution in [3.05, 3.63) is 41.7 Å². The molecular weight excluding hydrogens is 308 g/mol. The van der Waals surface area contributed by atoms with Crippen molar-refractivity contribution < 1.29 is 4.79 Å². The average molecular weight is 330 g/mol. The lowest BCUT2D eigenvalue weighted by Gasteiger charge is -2.11. The number of hydrogen-bond acceptors (Lipinski definition) is 5. The molecule has 6 heteroatoms. The second-order valence-electron chi connectivity index (χ2n) is 5.51. The maximum atomic E-state index is 12.0. The Morgan fingerprint density at radius 3 is 2.35 bits per heavy atom. The Hall–Kier alpha value is -1.92. The van der Waals surface area contributed by atoms with Crippen molar-refractivity contribution >= 4 is 23.4 Å². The van der Waals surface area contributed by atoms with Crippen LogP contribution in [0.1, 0.15) is 18.3 Å². The summed E-state index contributed by atoms with van der Waals surface area (Å²) >= 11 is 1.51. The number of carbonyl (C=O) groups is 1. The maximum Gasteiger partial charge on any atom is 0.228 e. The van der Waals surface area contributed by atoms with Gasteiger partial charge in [-0.25, -0.2) is 9.97 Å². The van der Waals surface area contributed by atoms with Crippen molar-refractivity contribution in [3.63, 3.8) is 0 Å². The van der Waals surface area contributed by atoms with Gasteiger partial charge in [-0.3, -0.25) is 4.79 Å². The molecule has 1 unspecified atom stereocenters. The highest BCUT2D eigenvalue weighted by atomic mass is 32.2. The molecule has 1 atom stereocenters. The lowest BCUT2D eigenvalue weighted by Crippen LogP contribution is -2.28. The summed E-state index contributed by atoms with van der Waals surface area (Å²) in [6, 6.07) is 9.67. The highest BCUT2D eigenvalue weighted by Gasteiger charge is 2.11. The third kappa shape index (κ3) is 5.33. The predicted molar refractivity (Wildman–Crippen MR) is 93.8 cm³/mol. The van der Waals surface area contributed by atoms with Crippen LogP contribution < -0.4 is 10.6 Å². The molecule has 0 radical (unpaired) electrons. The second kappa shape index (κ2) is 8.08. The Morgan fingerprint density at radius 2 is 1.78 bits per heavy atom. The van der Waals surface area contributed by atoms with E-state index in [0.717, 1.165) is 27.1 Å². The van der Waals surface area contributed by atoms with E-state index in [9.17, 15) is 4.79 Å².